The largest absolute Gasteiger partial charge is 0.374 e. The van der Waals surface area contributed by atoms with Gasteiger partial charge in [0.15, 0.2) is 5.82 Å². The average molecular weight is 855 g/mol. The van der Waals surface area contributed by atoms with E-state index in [1.165, 1.54) is 18.8 Å². The molecule has 3 aliphatic rings. The Morgan fingerprint density at radius 3 is 2.36 bits per heavy atom. The van der Waals surface area contributed by atoms with E-state index in [1.54, 1.807) is 31.6 Å². The molecule has 3 fully saturated rings. The van der Waals surface area contributed by atoms with Gasteiger partial charge in [0.2, 0.25) is 29.5 Å². The van der Waals surface area contributed by atoms with Crippen LogP contribution in [0.15, 0.2) is 67.3 Å². The molecule has 2 aromatic carbocycles. The molecular formula is C42H44F2N10O6S. The van der Waals surface area contributed by atoms with E-state index in [0.717, 1.165) is 35.0 Å². The van der Waals surface area contributed by atoms with Gasteiger partial charge in [-0.2, -0.15) is 12.7 Å². The lowest BCUT2D eigenvalue weighted by atomic mass is 9.88. The topological polar surface area (TPSA) is 203 Å². The molecule has 5 aromatic rings. The molecular weight excluding hydrogens is 811 g/mol. The predicted molar refractivity (Wildman–Crippen MR) is 223 cm³/mol. The standard InChI is InChI=1S/C42H44F2N10O6S/c1-3-52(2)61(59,60)51-33-9-8-32(43)36(37(33)44)38(56)31-22-46-39-30(31)18-27(19-45-39)28-20-47-42(48-21-28)54-17-14-26(23-54)41(58)53-15-12-25(13-16-53)24-4-6-29(7-5-24)49-34-10-11-35(55)50-40(34)57/h4-9,18-22,25-26,34,49,51H,3,10-17,23H2,1-2H3,(H,45,46)(H,50,55,57)/t26-,34?/m0/s1. The molecule has 3 amide bonds. The first-order valence-corrected chi connectivity index (χ1v) is 21.5. The Morgan fingerprint density at radius 2 is 1.66 bits per heavy atom. The summed E-state index contributed by atoms with van der Waals surface area (Å²) >= 11 is 0. The Bertz CT molecular complexity index is 2620. The van der Waals surface area contributed by atoms with E-state index in [9.17, 15) is 27.6 Å². The fourth-order valence-electron chi connectivity index (χ4n) is 8.06. The molecule has 0 aliphatic carbocycles. The van der Waals surface area contributed by atoms with Crippen molar-refractivity contribution in [2.75, 3.05) is 54.7 Å². The quantitative estimate of drug-likeness (QED) is 0.101. The molecule has 0 saturated carbocycles. The van der Waals surface area contributed by atoms with Gasteiger partial charge < -0.3 is 20.1 Å². The van der Waals surface area contributed by atoms with Crippen molar-refractivity contribution in [2.24, 2.45) is 5.92 Å². The van der Waals surface area contributed by atoms with Crippen LogP contribution in [0.25, 0.3) is 22.2 Å². The van der Waals surface area contributed by atoms with Crippen LogP contribution < -0.4 is 20.3 Å². The summed E-state index contributed by atoms with van der Waals surface area (Å²) in [6.45, 7) is 4.09. The van der Waals surface area contributed by atoms with Crippen molar-refractivity contribution < 1.29 is 36.4 Å². The lowest BCUT2D eigenvalue weighted by Gasteiger charge is -2.34. The Kier molecular flexibility index (Phi) is 11.5. The van der Waals surface area contributed by atoms with Gasteiger partial charge in [-0.3, -0.25) is 29.2 Å². The average Bonchev–Trinajstić information content (AvgIpc) is 3.94. The van der Waals surface area contributed by atoms with Crippen LogP contribution in [0.3, 0.4) is 0 Å². The zero-order chi connectivity index (χ0) is 43.0. The number of benzene rings is 2. The molecule has 61 heavy (non-hydrogen) atoms. The molecule has 1 unspecified atom stereocenters. The number of carbonyl (C=O) groups is 4. The number of fused-ring (bicyclic) bond motifs is 1. The number of halogens is 2. The van der Waals surface area contributed by atoms with Crippen molar-refractivity contribution in [1.29, 1.82) is 0 Å². The van der Waals surface area contributed by atoms with Crippen molar-refractivity contribution in [3.8, 4) is 11.1 Å². The number of aromatic amines is 1. The van der Waals surface area contributed by atoms with Crippen molar-refractivity contribution in [1.82, 2.24) is 34.5 Å². The van der Waals surface area contributed by atoms with Gasteiger partial charge in [-0.1, -0.05) is 19.1 Å². The number of rotatable bonds is 12. The van der Waals surface area contributed by atoms with Gasteiger partial charge >= 0.3 is 10.2 Å². The lowest BCUT2D eigenvalue weighted by molar-refractivity contribution is -0.136. The molecule has 0 bridgehead atoms. The molecule has 0 spiro atoms. The Morgan fingerprint density at radius 1 is 0.934 bits per heavy atom. The normalized spacial score (nSPS) is 18.8. The first kappa shape index (κ1) is 41.4. The first-order valence-electron chi connectivity index (χ1n) is 20.1. The van der Waals surface area contributed by atoms with Crippen LogP contribution in [0.4, 0.5) is 26.1 Å². The molecule has 19 heteroatoms. The Hall–Kier alpha value is -6.34. The highest BCUT2D eigenvalue weighted by Crippen LogP contribution is 2.33. The van der Waals surface area contributed by atoms with Crippen molar-refractivity contribution in [3.05, 3.63) is 95.6 Å². The minimum absolute atomic E-state index is 0.0717. The summed E-state index contributed by atoms with van der Waals surface area (Å²) in [6, 6.07) is 11.0. The monoisotopic (exact) mass is 854 g/mol. The van der Waals surface area contributed by atoms with Crippen molar-refractivity contribution in [2.45, 2.75) is 51.0 Å². The number of likely N-dealkylation sites (tertiary alicyclic amines) is 1. The lowest BCUT2D eigenvalue weighted by Crippen LogP contribution is -2.47. The molecule has 3 saturated heterocycles. The van der Waals surface area contributed by atoms with Gasteiger partial charge in [-0.05, 0) is 67.5 Å². The number of aromatic nitrogens is 4. The summed E-state index contributed by atoms with van der Waals surface area (Å²) in [5.74, 6) is -3.37. The molecule has 8 rings (SSSR count). The number of ketones is 1. The summed E-state index contributed by atoms with van der Waals surface area (Å²) in [6.07, 6.45) is 9.19. The number of anilines is 3. The smallest absolute Gasteiger partial charge is 0.301 e. The second kappa shape index (κ2) is 17.0. The third-order valence-corrected chi connectivity index (χ3v) is 13.3. The number of nitrogens with one attached hydrogen (secondary N) is 4. The van der Waals surface area contributed by atoms with Crippen LogP contribution in [0.5, 0.6) is 0 Å². The number of amides is 3. The van der Waals surface area contributed by atoms with Crippen LogP contribution >= 0.6 is 0 Å². The maximum Gasteiger partial charge on any atom is 0.301 e. The van der Waals surface area contributed by atoms with Crippen LogP contribution in [0.1, 0.15) is 66.4 Å². The number of hydrogen-bond acceptors (Lipinski definition) is 11. The maximum absolute atomic E-state index is 15.6. The molecule has 0 radical (unpaired) electrons. The predicted octanol–water partition coefficient (Wildman–Crippen LogP) is 4.59. The molecule has 2 atom stereocenters. The maximum atomic E-state index is 15.6. The molecule has 3 aliphatic heterocycles. The van der Waals surface area contributed by atoms with Crippen LogP contribution in [0.2, 0.25) is 0 Å². The van der Waals surface area contributed by atoms with E-state index >= 15 is 8.78 Å². The van der Waals surface area contributed by atoms with Crippen LogP contribution in [-0.4, -0.2) is 107 Å². The molecule has 3 aromatic heterocycles. The van der Waals surface area contributed by atoms with E-state index < -0.39 is 44.9 Å². The summed E-state index contributed by atoms with van der Waals surface area (Å²) in [5.41, 5.74) is 1.84. The highest BCUT2D eigenvalue weighted by Gasteiger charge is 2.35. The van der Waals surface area contributed by atoms with Crippen molar-refractivity contribution >= 4 is 62.1 Å². The highest BCUT2D eigenvalue weighted by molar-refractivity contribution is 7.90. The summed E-state index contributed by atoms with van der Waals surface area (Å²) in [7, 11) is -2.86. The second-order valence-electron chi connectivity index (χ2n) is 15.5. The second-order valence-corrected chi connectivity index (χ2v) is 17.3. The van der Waals surface area contributed by atoms with E-state index in [1.807, 2.05) is 21.9 Å². The third-order valence-electron chi connectivity index (χ3n) is 11.7. The Labute approximate surface area is 350 Å². The molecule has 6 heterocycles. The zero-order valence-corrected chi connectivity index (χ0v) is 34.3. The fraction of sp³-hybridized carbons (Fsp3) is 0.357. The number of H-pyrrole nitrogens is 1. The number of hydrogen-bond donors (Lipinski definition) is 4. The number of imide groups is 1. The zero-order valence-electron chi connectivity index (χ0n) is 33.5. The summed E-state index contributed by atoms with van der Waals surface area (Å²) in [4.78, 5) is 71.2. The molecule has 318 valence electrons. The number of piperidine rings is 2. The minimum atomic E-state index is -4.15. The fourth-order valence-corrected chi connectivity index (χ4v) is 8.99. The number of pyridine rings is 1. The van der Waals surface area contributed by atoms with Gasteiger partial charge in [-0.15, -0.1) is 0 Å². The SMILES string of the molecule is CCN(C)S(=O)(=O)Nc1ccc(F)c(C(=O)c2c[nH]c3ncc(-c4cnc(N5CC[C@H](C(=O)N6CCC(c7ccc(NC8CCC(=O)NC8=O)cc7)CC6)C5)nc4)cc23)c1F. The number of carbonyl (C=O) groups excluding carboxylic acids is 4. The summed E-state index contributed by atoms with van der Waals surface area (Å²) < 4.78 is 58.7. The minimum Gasteiger partial charge on any atom is -0.374 e. The van der Waals surface area contributed by atoms with Crippen molar-refractivity contribution in [3.63, 3.8) is 0 Å². The molecule has 16 nitrogen and oxygen atoms in total. The van der Waals surface area contributed by atoms with E-state index in [-0.39, 0.29) is 41.1 Å². The first-order chi connectivity index (χ1) is 29.3. The van der Waals surface area contributed by atoms with Crippen LogP contribution in [-0.2, 0) is 24.6 Å². The van der Waals surface area contributed by atoms with Gasteiger partial charge in [0.1, 0.15) is 17.5 Å². The van der Waals surface area contributed by atoms with E-state index in [2.05, 4.69) is 47.4 Å². The highest BCUT2D eigenvalue weighted by atomic mass is 32.2. The van der Waals surface area contributed by atoms with E-state index in [0.29, 0.717) is 74.1 Å². The third kappa shape index (κ3) is 8.52. The van der Waals surface area contributed by atoms with E-state index in [4.69, 9.17) is 0 Å². The van der Waals surface area contributed by atoms with Gasteiger partial charge in [0.05, 0.1) is 17.2 Å². The van der Waals surface area contributed by atoms with Gasteiger partial charge in [0, 0.05) is 98.7 Å². The van der Waals surface area contributed by atoms with Crippen LogP contribution in [0, 0.1) is 17.6 Å². The number of nitrogens with zero attached hydrogens (tertiary/aromatic N) is 6. The Balaban J connectivity index is 0.877. The van der Waals surface area contributed by atoms with Gasteiger partial charge in [0.25, 0.3) is 0 Å². The van der Waals surface area contributed by atoms with Gasteiger partial charge in [-0.25, -0.2) is 23.7 Å². The molecule has 4 N–H and O–H groups in total. The summed E-state index contributed by atoms with van der Waals surface area (Å²) in [5, 5.41) is 5.86.